The van der Waals surface area contributed by atoms with E-state index in [1.165, 1.54) is 18.5 Å². The second kappa shape index (κ2) is 9.11. The Morgan fingerprint density at radius 3 is 2.13 bits per heavy atom. The third kappa shape index (κ3) is 7.60. The first-order chi connectivity index (χ1) is 7.22. The predicted molar refractivity (Wildman–Crippen MR) is 54.6 cm³/mol. The van der Waals surface area contributed by atoms with E-state index in [1.54, 1.807) is 6.07 Å². The second-order valence-electron chi connectivity index (χ2n) is 2.70. The largest absolute Gasteiger partial charge is 0.478 e. The number of hydrogen-bond acceptors (Lipinski definition) is 4. The zero-order chi connectivity index (χ0) is 11.5. The van der Waals surface area contributed by atoms with Crippen LogP contribution in [0.4, 0.5) is 0 Å². The van der Waals surface area contributed by atoms with Gasteiger partial charge < -0.3 is 15.3 Å². The Bertz CT molecular complexity index is 259. The molecule has 0 aromatic carbocycles. The molecule has 0 saturated carbocycles. The van der Waals surface area contributed by atoms with Gasteiger partial charge in [-0.25, -0.2) is 4.79 Å². The molecular weight excluding hydrogens is 198 g/mol. The third-order valence-electron chi connectivity index (χ3n) is 1.47. The van der Waals surface area contributed by atoms with Crippen LogP contribution in [0.25, 0.3) is 0 Å². The van der Waals surface area contributed by atoms with Crippen molar-refractivity contribution >= 4 is 5.97 Å². The lowest BCUT2D eigenvalue weighted by Gasteiger charge is -1.87. The lowest BCUT2D eigenvalue weighted by Crippen LogP contribution is -1.94. The van der Waals surface area contributed by atoms with Crippen LogP contribution in [-0.2, 0) is 0 Å². The number of carboxylic acid groups (broad SMARTS) is 1. The van der Waals surface area contributed by atoms with E-state index in [0.29, 0.717) is 0 Å². The monoisotopic (exact) mass is 213 g/mol. The lowest BCUT2D eigenvalue weighted by atomic mass is 10.3. The van der Waals surface area contributed by atoms with Crippen LogP contribution in [0.5, 0.6) is 0 Å². The molecule has 1 aromatic rings. The van der Waals surface area contributed by atoms with Gasteiger partial charge in [-0.1, -0.05) is 0 Å². The average molecular weight is 213 g/mol. The molecule has 1 rings (SSSR count). The lowest BCUT2D eigenvalue weighted by molar-refractivity contribution is 0.0696. The number of carboxylic acids is 1. The van der Waals surface area contributed by atoms with Gasteiger partial charge in [0.25, 0.3) is 0 Å². The summed E-state index contributed by atoms with van der Waals surface area (Å²) >= 11 is 0. The molecule has 0 aliphatic heterocycles. The van der Waals surface area contributed by atoms with Gasteiger partial charge in [0, 0.05) is 25.6 Å². The van der Waals surface area contributed by atoms with E-state index < -0.39 is 5.97 Å². The average Bonchev–Trinajstić information content (AvgIpc) is 2.28. The number of aliphatic hydroxyl groups excluding tert-OH is 2. The number of aliphatic hydroxyl groups is 2. The fourth-order valence-corrected chi connectivity index (χ4v) is 0.713. The first-order valence-corrected chi connectivity index (χ1v) is 4.57. The van der Waals surface area contributed by atoms with Gasteiger partial charge in [-0.15, -0.1) is 0 Å². The Morgan fingerprint density at radius 1 is 1.27 bits per heavy atom. The Kier molecular flexibility index (Phi) is 8.22. The molecule has 0 fully saturated rings. The first kappa shape index (κ1) is 13.5. The van der Waals surface area contributed by atoms with Crippen molar-refractivity contribution in [1.82, 2.24) is 4.98 Å². The van der Waals surface area contributed by atoms with E-state index in [0.717, 1.165) is 12.8 Å². The molecule has 0 aliphatic rings. The van der Waals surface area contributed by atoms with Gasteiger partial charge in [0.15, 0.2) is 0 Å². The molecule has 1 heterocycles. The Labute approximate surface area is 88.0 Å². The van der Waals surface area contributed by atoms with Crippen LogP contribution in [0.1, 0.15) is 23.2 Å². The molecule has 0 saturated heterocycles. The molecule has 0 radical (unpaired) electrons. The molecule has 0 spiro atoms. The minimum atomic E-state index is -0.942. The summed E-state index contributed by atoms with van der Waals surface area (Å²) in [5.74, 6) is -0.942. The van der Waals surface area contributed by atoms with Crippen molar-refractivity contribution in [3.63, 3.8) is 0 Å². The van der Waals surface area contributed by atoms with Gasteiger partial charge in [-0.2, -0.15) is 0 Å². The number of pyridine rings is 1. The molecular formula is C10H15NO4. The summed E-state index contributed by atoms with van der Waals surface area (Å²) in [7, 11) is 0. The highest BCUT2D eigenvalue weighted by Gasteiger charge is 1.97. The van der Waals surface area contributed by atoms with E-state index >= 15 is 0 Å². The van der Waals surface area contributed by atoms with Crippen LogP contribution in [-0.4, -0.2) is 39.5 Å². The summed E-state index contributed by atoms with van der Waals surface area (Å²) in [4.78, 5) is 13.8. The zero-order valence-electron chi connectivity index (χ0n) is 8.33. The SMILES string of the molecule is O=C(O)c1cccnc1.OCCCCO. The molecule has 0 atom stereocenters. The molecule has 5 nitrogen and oxygen atoms in total. The topological polar surface area (TPSA) is 90.7 Å². The first-order valence-electron chi connectivity index (χ1n) is 4.57. The Balaban J connectivity index is 0.000000288. The number of nitrogens with zero attached hydrogens (tertiary/aromatic N) is 1. The summed E-state index contributed by atoms with van der Waals surface area (Å²) in [6.45, 7) is 0.390. The van der Waals surface area contributed by atoms with Crippen molar-refractivity contribution in [2.24, 2.45) is 0 Å². The highest BCUT2D eigenvalue weighted by Crippen LogP contribution is 1.92. The highest BCUT2D eigenvalue weighted by molar-refractivity contribution is 5.86. The van der Waals surface area contributed by atoms with Crippen LogP contribution in [0.3, 0.4) is 0 Å². The van der Waals surface area contributed by atoms with Gasteiger partial charge in [0.1, 0.15) is 0 Å². The number of carbonyl (C=O) groups is 1. The fourth-order valence-electron chi connectivity index (χ4n) is 0.713. The molecule has 84 valence electrons. The molecule has 5 heteroatoms. The Hall–Kier alpha value is -1.46. The fraction of sp³-hybridized carbons (Fsp3) is 0.400. The molecule has 1 aromatic heterocycles. The number of unbranched alkanes of at least 4 members (excludes halogenated alkanes) is 1. The standard InChI is InChI=1S/C6H5NO2.C4H10O2/c8-6(9)5-2-1-3-7-4-5;5-3-1-2-4-6/h1-4H,(H,8,9);5-6H,1-4H2. The molecule has 0 amide bonds. The molecule has 0 bridgehead atoms. The number of aromatic carboxylic acids is 1. The number of aromatic nitrogens is 1. The smallest absolute Gasteiger partial charge is 0.337 e. The van der Waals surface area contributed by atoms with Crippen molar-refractivity contribution in [3.05, 3.63) is 30.1 Å². The molecule has 15 heavy (non-hydrogen) atoms. The van der Waals surface area contributed by atoms with Crippen molar-refractivity contribution in [1.29, 1.82) is 0 Å². The van der Waals surface area contributed by atoms with E-state index in [9.17, 15) is 4.79 Å². The van der Waals surface area contributed by atoms with Crippen molar-refractivity contribution < 1.29 is 20.1 Å². The summed E-state index contributed by atoms with van der Waals surface area (Å²) in [6.07, 6.45) is 4.28. The van der Waals surface area contributed by atoms with Crippen LogP contribution >= 0.6 is 0 Å². The summed E-state index contributed by atoms with van der Waals surface area (Å²) in [5.41, 5.74) is 0.220. The van der Waals surface area contributed by atoms with Crippen LogP contribution in [0.2, 0.25) is 0 Å². The maximum atomic E-state index is 10.2. The van der Waals surface area contributed by atoms with Crippen molar-refractivity contribution in [3.8, 4) is 0 Å². The van der Waals surface area contributed by atoms with E-state index in [1.807, 2.05) is 0 Å². The number of rotatable bonds is 4. The third-order valence-corrected chi connectivity index (χ3v) is 1.47. The summed E-state index contributed by atoms with van der Waals surface area (Å²) < 4.78 is 0. The van der Waals surface area contributed by atoms with Gasteiger partial charge >= 0.3 is 5.97 Å². The van der Waals surface area contributed by atoms with Gasteiger partial charge in [0.05, 0.1) is 5.56 Å². The quantitative estimate of drug-likeness (QED) is 0.635. The maximum absolute atomic E-state index is 10.2. The second-order valence-corrected chi connectivity index (χ2v) is 2.70. The summed E-state index contributed by atoms with van der Waals surface area (Å²) in [5, 5.41) is 24.5. The van der Waals surface area contributed by atoms with Crippen molar-refractivity contribution in [2.75, 3.05) is 13.2 Å². The minimum Gasteiger partial charge on any atom is -0.478 e. The minimum absolute atomic E-state index is 0.195. The number of hydrogen-bond donors (Lipinski definition) is 3. The van der Waals surface area contributed by atoms with Gasteiger partial charge in [0.2, 0.25) is 0 Å². The van der Waals surface area contributed by atoms with E-state index in [-0.39, 0.29) is 18.8 Å². The summed E-state index contributed by atoms with van der Waals surface area (Å²) in [6, 6.07) is 3.08. The van der Waals surface area contributed by atoms with Gasteiger partial charge in [-0.3, -0.25) is 4.98 Å². The zero-order valence-corrected chi connectivity index (χ0v) is 8.33. The normalized spacial score (nSPS) is 8.93. The van der Waals surface area contributed by atoms with Crippen molar-refractivity contribution in [2.45, 2.75) is 12.8 Å². The van der Waals surface area contributed by atoms with E-state index in [2.05, 4.69) is 4.98 Å². The molecule has 3 N–H and O–H groups in total. The molecule has 0 aliphatic carbocycles. The van der Waals surface area contributed by atoms with Gasteiger partial charge in [-0.05, 0) is 25.0 Å². The van der Waals surface area contributed by atoms with Crippen LogP contribution in [0, 0.1) is 0 Å². The molecule has 0 unspecified atom stereocenters. The maximum Gasteiger partial charge on any atom is 0.337 e. The van der Waals surface area contributed by atoms with Crippen LogP contribution < -0.4 is 0 Å². The Morgan fingerprint density at radius 2 is 1.87 bits per heavy atom. The predicted octanol–water partition coefficient (Wildman–Crippen LogP) is 0.531. The highest BCUT2D eigenvalue weighted by atomic mass is 16.4. The van der Waals surface area contributed by atoms with E-state index in [4.69, 9.17) is 15.3 Å². The van der Waals surface area contributed by atoms with Crippen LogP contribution in [0.15, 0.2) is 24.5 Å².